The van der Waals surface area contributed by atoms with Gasteiger partial charge in [0.15, 0.2) is 0 Å². The van der Waals surface area contributed by atoms with Crippen LogP contribution in [-0.4, -0.2) is 54.1 Å². The zero-order chi connectivity index (χ0) is 24.5. The van der Waals surface area contributed by atoms with E-state index in [1.807, 2.05) is 17.0 Å². The molecule has 0 aromatic heterocycles. The summed E-state index contributed by atoms with van der Waals surface area (Å²) in [5.41, 5.74) is 7.78. The summed E-state index contributed by atoms with van der Waals surface area (Å²) in [5.74, 6) is 0.203. The molecule has 0 saturated carbocycles. The Kier molecular flexibility index (Phi) is 14.6. The second kappa shape index (κ2) is 16.9. The molecule has 8 heteroatoms. The van der Waals surface area contributed by atoms with Gasteiger partial charge < -0.3 is 26.4 Å². The van der Waals surface area contributed by atoms with Gasteiger partial charge in [0.1, 0.15) is 11.9 Å². The van der Waals surface area contributed by atoms with E-state index in [4.69, 9.17) is 15.6 Å². The molecule has 1 fully saturated rings. The highest BCUT2D eigenvalue weighted by atomic mass is 16.3. The van der Waals surface area contributed by atoms with Crippen molar-refractivity contribution in [3.63, 3.8) is 0 Å². The minimum atomic E-state index is -0.250. The maximum Gasteiger partial charge on any atom is 0.319 e. The van der Waals surface area contributed by atoms with E-state index in [9.17, 15) is 9.59 Å². The number of hydrogen-bond donors (Lipinski definition) is 4. The van der Waals surface area contributed by atoms with Gasteiger partial charge in [0.05, 0.1) is 0 Å². The van der Waals surface area contributed by atoms with Crippen molar-refractivity contribution in [1.82, 2.24) is 10.2 Å². The highest BCUT2D eigenvalue weighted by molar-refractivity contribution is 5.80. The third-order valence-electron chi connectivity index (χ3n) is 5.97. The SMILES string of the molecule is CCCCCCCCNC(=O)N1CCC(C(C)=O)CC1Nc1ccc(CCN)cc1.O=CO. The van der Waals surface area contributed by atoms with Crippen LogP contribution < -0.4 is 16.4 Å². The molecular formula is C25H42N4O4. The van der Waals surface area contributed by atoms with E-state index in [-0.39, 0.29) is 30.4 Å². The summed E-state index contributed by atoms with van der Waals surface area (Å²) in [6.45, 7) is 5.54. The van der Waals surface area contributed by atoms with Crippen molar-refractivity contribution in [2.24, 2.45) is 11.7 Å². The number of nitrogens with two attached hydrogens (primary N) is 1. The molecule has 2 atom stereocenters. The number of urea groups is 1. The van der Waals surface area contributed by atoms with Crippen LogP contribution in [-0.2, 0) is 16.0 Å². The van der Waals surface area contributed by atoms with Crippen LogP contribution >= 0.6 is 0 Å². The van der Waals surface area contributed by atoms with Crippen LogP contribution in [0.25, 0.3) is 0 Å². The molecule has 186 valence electrons. The number of ketones is 1. The van der Waals surface area contributed by atoms with Crippen molar-refractivity contribution >= 4 is 24.0 Å². The van der Waals surface area contributed by atoms with Gasteiger partial charge in [0, 0.05) is 24.7 Å². The number of hydrogen-bond acceptors (Lipinski definition) is 5. The van der Waals surface area contributed by atoms with Gasteiger partial charge in [-0.05, 0) is 56.8 Å². The summed E-state index contributed by atoms with van der Waals surface area (Å²) >= 11 is 0. The summed E-state index contributed by atoms with van der Waals surface area (Å²) in [4.78, 5) is 35.0. The Labute approximate surface area is 198 Å². The normalized spacial score (nSPS) is 17.5. The molecule has 33 heavy (non-hydrogen) atoms. The van der Waals surface area contributed by atoms with E-state index in [1.54, 1.807) is 6.92 Å². The highest BCUT2D eigenvalue weighted by Gasteiger charge is 2.33. The average molecular weight is 463 g/mol. The molecule has 1 aliphatic rings. The number of carbonyl (C=O) groups is 3. The minimum absolute atomic E-state index is 0.00151. The first-order valence-electron chi connectivity index (χ1n) is 12.1. The molecule has 2 rings (SSSR count). The van der Waals surface area contributed by atoms with Crippen molar-refractivity contribution in [3.05, 3.63) is 29.8 Å². The lowest BCUT2D eigenvalue weighted by Gasteiger charge is -2.39. The molecule has 0 bridgehead atoms. The van der Waals surface area contributed by atoms with Gasteiger partial charge in [-0.3, -0.25) is 9.59 Å². The number of unbranched alkanes of at least 4 members (excludes halogenated alkanes) is 5. The Bertz CT molecular complexity index is 696. The number of amides is 2. The highest BCUT2D eigenvalue weighted by Crippen LogP contribution is 2.25. The van der Waals surface area contributed by atoms with E-state index >= 15 is 0 Å². The first-order chi connectivity index (χ1) is 16.0. The average Bonchev–Trinajstić information content (AvgIpc) is 2.80. The number of carboxylic acid groups (broad SMARTS) is 1. The topological polar surface area (TPSA) is 125 Å². The fraction of sp³-hybridized carbons (Fsp3) is 0.640. The molecule has 1 aromatic carbocycles. The number of anilines is 1. The van der Waals surface area contributed by atoms with Gasteiger partial charge in [-0.15, -0.1) is 0 Å². The van der Waals surface area contributed by atoms with Gasteiger partial charge in [-0.1, -0.05) is 51.2 Å². The van der Waals surface area contributed by atoms with E-state index in [0.717, 1.165) is 31.4 Å². The van der Waals surface area contributed by atoms with Gasteiger partial charge in [0.25, 0.3) is 6.47 Å². The molecule has 2 unspecified atom stereocenters. The lowest BCUT2D eigenvalue weighted by molar-refractivity contribution is -0.123. The summed E-state index contributed by atoms with van der Waals surface area (Å²) in [6.07, 6.45) is 9.26. The summed E-state index contributed by atoms with van der Waals surface area (Å²) < 4.78 is 0. The van der Waals surface area contributed by atoms with E-state index < -0.39 is 0 Å². The van der Waals surface area contributed by atoms with E-state index in [2.05, 4.69) is 29.7 Å². The Morgan fingerprint density at radius 1 is 1.15 bits per heavy atom. The molecule has 5 N–H and O–H groups in total. The van der Waals surface area contributed by atoms with Crippen molar-refractivity contribution in [1.29, 1.82) is 0 Å². The lowest BCUT2D eigenvalue weighted by Crippen LogP contribution is -2.54. The third-order valence-corrected chi connectivity index (χ3v) is 5.97. The van der Waals surface area contributed by atoms with Crippen molar-refractivity contribution < 1.29 is 19.5 Å². The zero-order valence-electron chi connectivity index (χ0n) is 20.2. The molecule has 1 saturated heterocycles. The quantitative estimate of drug-likeness (QED) is 0.275. The van der Waals surface area contributed by atoms with E-state index in [1.165, 1.54) is 31.2 Å². The van der Waals surface area contributed by atoms with Crippen LogP contribution in [0, 0.1) is 5.92 Å². The molecule has 1 aliphatic heterocycles. The molecule has 0 aliphatic carbocycles. The first-order valence-corrected chi connectivity index (χ1v) is 12.1. The largest absolute Gasteiger partial charge is 0.483 e. The fourth-order valence-corrected chi connectivity index (χ4v) is 4.04. The van der Waals surface area contributed by atoms with Crippen molar-refractivity contribution in [2.45, 2.75) is 77.8 Å². The molecule has 1 heterocycles. The lowest BCUT2D eigenvalue weighted by atomic mass is 9.91. The van der Waals surface area contributed by atoms with Crippen molar-refractivity contribution in [3.8, 4) is 0 Å². The third kappa shape index (κ3) is 11.2. The first kappa shape index (κ1) is 28.4. The maximum atomic E-state index is 12.8. The van der Waals surface area contributed by atoms with Crippen LogP contribution in [0.3, 0.4) is 0 Å². The van der Waals surface area contributed by atoms with Crippen LogP contribution in [0.4, 0.5) is 10.5 Å². The minimum Gasteiger partial charge on any atom is -0.483 e. The number of rotatable bonds is 12. The number of piperidine rings is 1. The van der Waals surface area contributed by atoms with Crippen LogP contribution in [0.5, 0.6) is 0 Å². The Morgan fingerprint density at radius 2 is 1.79 bits per heavy atom. The number of carbonyl (C=O) groups excluding carboxylic acids is 2. The molecular weight excluding hydrogens is 420 g/mol. The molecule has 8 nitrogen and oxygen atoms in total. The predicted octanol–water partition coefficient (Wildman–Crippen LogP) is 4.00. The predicted molar refractivity (Wildman–Crippen MR) is 132 cm³/mol. The monoisotopic (exact) mass is 462 g/mol. The van der Waals surface area contributed by atoms with Gasteiger partial charge in [0.2, 0.25) is 0 Å². The van der Waals surface area contributed by atoms with Crippen LogP contribution in [0.2, 0.25) is 0 Å². The Hall–Kier alpha value is -2.61. The van der Waals surface area contributed by atoms with Gasteiger partial charge >= 0.3 is 6.03 Å². The van der Waals surface area contributed by atoms with Crippen molar-refractivity contribution in [2.75, 3.05) is 25.0 Å². The van der Waals surface area contributed by atoms with Gasteiger partial charge in [-0.25, -0.2) is 4.79 Å². The Morgan fingerprint density at radius 3 is 2.39 bits per heavy atom. The molecule has 0 radical (unpaired) electrons. The second-order valence-corrected chi connectivity index (χ2v) is 8.53. The van der Waals surface area contributed by atoms with E-state index in [0.29, 0.717) is 26.1 Å². The Balaban J connectivity index is 0.00000172. The second-order valence-electron chi connectivity index (χ2n) is 8.53. The summed E-state index contributed by atoms with van der Waals surface area (Å²) in [7, 11) is 0. The summed E-state index contributed by atoms with van der Waals surface area (Å²) in [5, 5.41) is 13.4. The van der Waals surface area contributed by atoms with Crippen LogP contribution in [0.1, 0.15) is 70.8 Å². The molecule has 0 spiro atoms. The van der Waals surface area contributed by atoms with Gasteiger partial charge in [-0.2, -0.15) is 0 Å². The number of nitrogens with zero attached hydrogens (tertiary/aromatic N) is 1. The zero-order valence-corrected chi connectivity index (χ0v) is 20.2. The maximum absolute atomic E-state index is 12.8. The standard InChI is InChI=1S/C24H40N4O2.CH2O2/c1-3-4-5-6-7-8-16-26-24(30)28-17-14-21(19(2)29)18-23(28)27-22-11-9-20(10-12-22)13-15-25;2-1-3/h9-12,21,23,27H,3-8,13-18,25H2,1-2H3,(H,26,30);1H,(H,2,3). The summed E-state index contributed by atoms with van der Waals surface area (Å²) in [6, 6.07) is 8.12. The molecule has 1 aromatic rings. The number of benzene rings is 1. The fourth-order valence-electron chi connectivity index (χ4n) is 4.04. The number of likely N-dealkylation sites (tertiary alicyclic amines) is 1. The number of nitrogens with one attached hydrogen (secondary N) is 2. The molecule has 2 amide bonds. The number of Topliss-reactive ketones (excluding diaryl/α,β-unsaturated/α-hetero) is 1. The van der Waals surface area contributed by atoms with Crippen LogP contribution in [0.15, 0.2) is 24.3 Å². The smallest absolute Gasteiger partial charge is 0.319 e.